The van der Waals surface area contributed by atoms with Crippen molar-refractivity contribution in [2.45, 2.75) is 44.9 Å². The number of esters is 1. The van der Waals surface area contributed by atoms with Gasteiger partial charge in [0.15, 0.2) is 5.66 Å². The standard InChI is InChI=1S/C18H23ClN4O2/c1-17(2,3)25-16(24)13-5-9-23(10-6-13)18(7-4-8-21-18)14-11-20-12-15(19)22-14/h4,7-8,11-13H,5-6,9-10H2,1-3H3. The molecule has 3 heterocycles. The van der Waals surface area contributed by atoms with E-state index in [1.807, 2.05) is 32.9 Å². The van der Waals surface area contributed by atoms with Crippen LogP contribution in [0.25, 0.3) is 0 Å². The summed E-state index contributed by atoms with van der Waals surface area (Å²) in [5.41, 5.74) is -0.443. The molecule has 3 rings (SSSR count). The summed E-state index contributed by atoms with van der Waals surface area (Å²) in [6.07, 6.45) is 10.3. The molecule has 1 atom stereocenters. The lowest BCUT2D eigenvalue weighted by molar-refractivity contribution is -0.162. The van der Waals surface area contributed by atoms with Crippen LogP contribution in [0, 0.1) is 5.92 Å². The second-order valence-corrected chi connectivity index (χ2v) is 7.77. The first-order valence-corrected chi connectivity index (χ1v) is 8.87. The number of hydrogen-bond acceptors (Lipinski definition) is 6. The molecule has 0 aliphatic carbocycles. The number of halogens is 1. The molecule has 0 amide bonds. The Morgan fingerprint density at radius 3 is 2.60 bits per heavy atom. The van der Waals surface area contributed by atoms with Gasteiger partial charge in [0.1, 0.15) is 16.4 Å². The van der Waals surface area contributed by atoms with Gasteiger partial charge in [-0.15, -0.1) is 0 Å². The van der Waals surface area contributed by atoms with Crippen LogP contribution < -0.4 is 0 Å². The molecule has 7 heteroatoms. The number of nitrogens with zero attached hydrogens (tertiary/aromatic N) is 4. The van der Waals surface area contributed by atoms with E-state index in [1.165, 1.54) is 6.20 Å². The van der Waals surface area contributed by atoms with Crippen LogP contribution in [0.3, 0.4) is 0 Å². The van der Waals surface area contributed by atoms with Gasteiger partial charge in [-0.1, -0.05) is 11.6 Å². The number of carbonyl (C=O) groups is 1. The summed E-state index contributed by atoms with van der Waals surface area (Å²) in [6.45, 7) is 7.13. The highest BCUT2D eigenvalue weighted by Crippen LogP contribution is 2.36. The van der Waals surface area contributed by atoms with E-state index in [0.29, 0.717) is 10.8 Å². The normalized spacial score (nSPS) is 24.6. The van der Waals surface area contributed by atoms with Gasteiger partial charge in [0.05, 0.1) is 18.3 Å². The monoisotopic (exact) mass is 362 g/mol. The van der Waals surface area contributed by atoms with Crippen molar-refractivity contribution in [3.8, 4) is 0 Å². The van der Waals surface area contributed by atoms with Crippen LogP contribution >= 0.6 is 11.6 Å². The third kappa shape index (κ3) is 3.90. The minimum absolute atomic E-state index is 0.0765. The van der Waals surface area contributed by atoms with Crippen molar-refractivity contribution in [3.63, 3.8) is 0 Å². The predicted molar refractivity (Wildman–Crippen MR) is 96.5 cm³/mol. The van der Waals surface area contributed by atoms with Crippen molar-refractivity contribution in [2.24, 2.45) is 10.9 Å². The Labute approximate surface area is 153 Å². The number of allylic oxidation sites excluding steroid dienone is 1. The molecule has 2 aliphatic heterocycles. The van der Waals surface area contributed by atoms with E-state index in [2.05, 4.69) is 19.9 Å². The molecule has 25 heavy (non-hydrogen) atoms. The fraction of sp³-hybridized carbons (Fsp3) is 0.556. The van der Waals surface area contributed by atoms with Crippen molar-refractivity contribution >= 4 is 23.8 Å². The summed E-state index contributed by atoms with van der Waals surface area (Å²) < 4.78 is 5.52. The number of rotatable bonds is 3. The number of aromatic nitrogens is 2. The quantitative estimate of drug-likeness (QED) is 0.773. The molecule has 1 unspecified atom stereocenters. The third-order valence-corrected chi connectivity index (χ3v) is 4.57. The van der Waals surface area contributed by atoms with Crippen LogP contribution in [0.5, 0.6) is 0 Å². The first kappa shape index (κ1) is 18.0. The molecule has 0 aromatic carbocycles. The van der Waals surface area contributed by atoms with Gasteiger partial charge in [-0.3, -0.25) is 19.7 Å². The lowest BCUT2D eigenvalue weighted by Crippen LogP contribution is -2.49. The highest BCUT2D eigenvalue weighted by Gasteiger charge is 2.42. The van der Waals surface area contributed by atoms with Gasteiger partial charge >= 0.3 is 5.97 Å². The molecule has 1 saturated heterocycles. The maximum atomic E-state index is 12.3. The van der Waals surface area contributed by atoms with Crippen molar-refractivity contribution in [3.05, 3.63) is 35.4 Å². The fourth-order valence-corrected chi connectivity index (χ4v) is 3.39. The Kier molecular flexibility index (Phi) is 4.93. The Balaban J connectivity index is 1.73. The first-order chi connectivity index (χ1) is 11.8. The number of likely N-dealkylation sites (tertiary alicyclic amines) is 1. The molecule has 0 saturated carbocycles. The maximum absolute atomic E-state index is 12.3. The lowest BCUT2D eigenvalue weighted by atomic mass is 9.93. The molecule has 1 aromatic rings. The smallest absolute Gasteiger partial charge is 0.309 e. The zero-order valence-corrected chi connectivity index (χ0v) is 15.5. The molecule has 0 spiro atoms. The molecule has 2 aliphatic rings. The van der Waals surface area contributed by atoms with Crippen LogP contribution in [0.1, 0.15) is 39.3 Å². The number of hydrogen-bond donors (Lipinski definition) is 0. The Morgan fingerprint density at radius 1 is 1.32 bits per heavy atom. The predicted octanol–water partition coefficient (Wildman–Crippen LogP) is 2.98. The molecule has 0 radical (unpaired) electrons. The number of piperidine rings is 1. The van der Waals surface area contributed by atoms with Crippen LogP contribution in [0.4, 0.5) is 0 Å². The number of ether oxygens (including phenoxy) is 1. The summed E-state index contributed by atoms with van der Waals surface area (Å²) in [7, 11) is 0. The topological polar surface area (TPSA) is 67.7 Å². The van der Waals surface area contributed by atoms with E-state index < -0.39 is 11.3 Å². The SMILES string of the molecule is CC(C)(C)OC(=O)C1CCN(C2(c3cncc(Cl)n3)C=CC=N2)CC1. The summed E-state index contributed by atoms with van der Waals surface area (Å²) >= 11 is 6.02. The summed E-state index contributed by atoms with van der Waals surface area (Å²) in [6, 6.07) is 0. The molecular formula is C18H23ClN4O2. The summed E-state index contributed by atoms with van der Waals surface area (Å²) in [4.78, 5) is 27.7. The van der Waals surface area contributed by atoms with Gasteiger partial charge in [0, 0.05) is 19.3 Å². The van der Waals surface area contributed by atoms with Crippen molar-refractivity contribution in [1.82, 2.24) is 14.9 Å². The highest BCUT2D eigenvalue weighted by atomic mass is 35.5. The highest BCUT2D eigenvalue weighted by molar-refractivity contribution is 6.29. The Bertz CT molecular complexity index is 691. The average molecular weight is 363 g/mol. The van der Waals surface area contributed by atoms with Gasteiger partial charge in [-0.25, -0.2) is 4.98 Å². The van der Waals surface area contributed by atoms with Gasteiger partial charge in [0.2, 0.25) is 0 Å². The summed E-state index contributed by atoms with van der Waals surface area (Å²) in [5, 5.41) is 0.344. The van der Waals surface area contributed by atoms with Gasteiger partial charge in [-0.2, -0.15) is 0 Å². The number of aliphatic imine (C=N–C) groups is 1. The Hall–Kier alpha value is -1.79. The fourth-order valence-electron chi connectivity index (χ4n) is 3.24. The van der Waals surface area contributed by atoms with Crippen LogP contribution in [-0.2, 0) is 15.2 Å². The minimum Gasteiger partial charge on any atom is -0.460 e. The van der Waals surface area contributed by atoms with Gasteiger partial charge < -0.3 is 4.74 Å². The van der Waals surface area contributed by atoms with E-state index in [0.717, 1.165) is 25.9 Å². The average Bonchev–Trinajstić information content (AvgIpc) is 3.04. The van der Waals surface area contributed by atoms with Crippen molar-refractivity contribution in [2.75, 3.05) is 13.1 Å². The Morgan fingerprint density at radius 2 is 2.04 bits per heavy atom. The van der Waals surface area contributed by atoms with Gasteiger partial charge in [-0.05, 0) is 45.8 Å². The van der Waals surface area contributed by atoms with Crippen molar-refractivity contribution in [1.29, 1.82) is 0 Å². The molecule has 1 aromatic heterocycles. The molecule has 1 fully saturated rings. The molecule has 6 nitrogen and oxygen atoms in total. The zero-order chi connectivity index (χ0) is 18.1. The van der Waals surface area contributed by atoms with Crippen LogP contribution in [-0.4, -0.2) is 45.7 Å². The lowest BCUT2D eigenvalue weighted by Gasteiger charge is -2.41. The van der Waals surface area contributed by atoms with E-state index in [4.69, 9.17) is 16.3 Å². The van der Waals surface area contributed by atoms with Gasteiger partial charge in [0.25, 0.3) is 0 Å². The van der Waals surface area contributed by atoms with E-state index >= 15 is 0 Å². The number of carbonyl (C=O) groups excluding carboxylic acids is 1. The van der Waals surface area contributed by atoms with Crippen LogP contribution in [0.15, 0.2) is 29.5 Å². The summed E-state index contributed by atoms with van der Waals surface area (Å²) in [5.74, 6) is -0.193. The molecular weight excluding hydrogens is 340 g/mol. The largest absolute Gasteiger partial charge is 0.460 e. The van der Waals surface area contributed by atoms with Crippen LogP contribution in [0.2, 0.25) is 5.15 Å². The molecule has 0 N–H and O–H groups in total. The van der Waals surface area contributed by atoms with Crippen molar-refractivity contribution < 1.29 is 9.53 Å². The third-order valence-electron chi connectivity index (χ3n) is 4.39. The maximum Gasteiger partial charge on any atom is 0.309 e. The van der Waals surface area contributed by atoms with E-state index in [9.17, 15) is 4.79 Å². The van der Waals surface area contributed by atoms with E-state index in [-0.39, 0.29) is 11.9 Å². The zero-order valence-electron chi connectivity index (χ0n) is 14.8. The molecule has 0 bridgehead atoms. The van der Waals surface area contributed by atoms with E-state index in [1.54, 1.807) is 12.4 Å². The minimum atomic E-state index is -0.684. The first-order valence-electron chi connectivity index (χ1n) is 8.49. The second-order valence-electron chi connectivity index (χ2n) is 7.39. The molecule has 134 valence electrons. The second kappa shape index (κ2) is 6.84.